The van der Waals surface area contributed by atoms with Crippen LogP contribution in [0.3, 0.4) is 0 Å². The van der Waals surface area contributed by atoms with Gasteiger partial charge in [-0.05, 0) is 24.3 Å². The monoisotopic (exact) mass is 368 g/mol. The van der Waals surface area contributed by atoms with Gasteiger partial charge in [-0.25, -0.2) is 4.98 Å². The first-order valence-electron chi connectivity index (χ1n) is 8.95. The lowest BCUT2D eigenvalue weighted by Gasteiger charge is -2.28. The number of rotatable bonds is 3. The molecule has 0 saturated heterocycles. The summed E-state index contributed by atoms with van der Waals surface area (Å²) in [6, 6.07) is 22.5. The third-order valence-electron chi connectivity index (χ3n) is 4.82. The number of benzene rings is 3. The van der Waals surface area contributed by atoms with Gasteiger partial charge in [0.15, 0.2) is 12.2 Å². The molecule has 5 nitrogen and oxygen atoms in total. The summed E-state index contributed by atoms with van der Waals surface area (Å²) in [6.45, 7) is 0. The normalized spacial score (nSPS) is 12.6. The van der Waals surface area contributed by atoms with E-state index in [1.165, 1.54) is 6.39 Å². The number of aromatic nitrogens is 1. The highest BCUT2D eigenvalue weighted by Crippen LogP contribution is 2.42. The van der Waals surface area contributed by atoms with Crippen molar-refractivity contribution < 1.29 is 13.9 Å². The molecule has 28 heavy (non-hydrogen) atoms. The molecule has 2 heterocycles. The summed E-state index contributed by atoms with van der Waals surface area (Å²) in [5.41, 5.74) is 3.32. The van der Waals surface area contributed by atoms with E-state index in [1.54, 1.807) is 18.3 Å². The molecule has 3 aromatic carbocycles. The Morgan fingerprint density at radius 3 is 2.11 bits per heavy atom. The molecule has 5 rings (SSSR count). The van der Waals surface area contributed by atoms with Gasteiger partial charge in [0.1, 0.15) is 11.5 Å². The quantitative estimate of drug-likeness (QED) is 0.555. The second kappa shape index (κ2) is 6.70. The zero-order chi connectivity index (χ0) is 18.9. The summed E-state index contributed by atoms with van der Waals surface area (Å²) in [4.78, 5) is 16.9. The summed E-state index contributed by atoms with van der Waals surface area (Å²) < 4.78 is 11.3. The number of amides is 1. The van der Waals surface area contributed by atoms with Crippen LogP contribution in [0, 0.1) is 0 Å². The fourth-order valence-corrected chi connectivity index (χ4v) is 3.42. The Morgan fingerprint density at radius 1 is 0.857 bits per heavy atom. The number of hydrogen-bond donors (Lipinski definition) is 1. The molecule has 0 unspecified atom stereocenters. The molecular formula is C23H16N2O3. The molecule has 0 saturated carbocycles. The van der Waals surface area contributed by atoms with E-state index in [-0.39, 0.29) is 11.9 Å². The topological polar surface area (TPSA) is 64.4 Å². The highest BCUT2D eigenvalue weighted by molar-refractivity contribution is 5.95. The number of nitrogens with one attached hydrogen (secondary N) is 1. The number of oxazole rings is 1. The average molecular weight is 368 g/mol. The second-order valence-corrected chi connectivity index (χ2v) is 6.53. The van der Waals surface area contributed by atoms with Crippen molar-refractivity contribution in [1.29, 1.82) is 0 Å². The maximum atomic E-state index is 12.9. The van der Waals surface area contributed by atoms with Gasteiger partial charge in [-0.2, -0.15) is 0 Å². The fourth-order valence-electron chi connectivity index (χ4n) is 3.42. The standard InChI is InChI=1S/C23H16N2O3/c26-23(16-11-9-15(10-12-16)21-13-24-14-27-21)25-22-17-5-1-3-7-19(17)28-20-8-4-2-6-18(20)22/h1-14,22H,(H,25,26). The van der Waals surface area contributed by atoms with E-state index in [9.17, 15) is 4.79 Å². The molecule has 1 aliphatic heterocycles. The van der Waals surface area contributed by atoms with E-state index in [0.29, 0.717) is 11.3 Å². The first-order valence-corrected chi connectivity index (χ1v) is 8.95. The number of ether oxygens (including phenoxy) is 1. The molecule has 1 amide bonds. The number of fused-ring (bicyclic) bond motifs is 2. The number of nitrogens with zero attached hydrogens (tertiary/aromatic N) is 1. The minimum Gasteiger partial charge on any atom is -0.457 e. The molecule has 1 aromatic heterocycles. The highest BCUT2D eigenvalue weighted by atomic mass is 16.5. The van der Waals surface area contributed by atoms with Crippen LogP contribution in [-0.4, -0.2) is 10.9 Å². The lowest BCUT2D eigenvalue weighted by atomic mass is 9.94. The number of hydrogen-bond acceptors (Lipinski definition) is 4. The van der Waals surface area contributed by atoms with E-state index < -0.39 is 0 Å². The minimum atomic E-state index is -0.275. The molecule has 0 aliphatic carbocycles. The van der Waals surface area contributed by atoms with Crippen LogP contribution in [0.1, 0.15) is 27.5 Å². The van der Waals surface area contributed by atoms with Crippen molar-refractivity contribution in [3.05, 3.63) is 102 Å². The summed E-state index contributed by atoms with van der Waals surface area (Å²) in [7, 11) is 0. The number of carbonyl (C=O) groups excluding carboxylic acids is 1. The highest BCUT2D eigenvalue weighted by Gasteiger charge is 2.28. The Kier molecular flexibility index (Phi) is 3.91. The maximum absolute atomic E-state index is 12.9. The summed E-state index contributed by atoms with van der Waals surface area (Å²) in [5, 5.41) is 3.15. The van der Waals surface area contributed by atoms with E-state index in [0.717, 1.165) is 28.2 Å². The Balaban J connectivity index is 1.45. The molecule has 1 N–H and O–H groups in total. The van der Waals surface area contributed by atoms with Crippen LogP contribution in [0.5, 0.6) is 11.5 Å². The van der Waals surface area contributed by atoms with Crippen molar-refractivity contribution in [3.8, 4) is 22.8 Å². The van der Waals surface area contributed by atoms with Gasteiger partial charge < -0.3 is 14.5 Å². The largest absolute Gasteiger partial charge is 0.457 e. The SMILES string of the molecule is O=C(NC1c2ccccc2Oc2ccccc21)c1ccc(-c2cnco2)cc1. The van der Waals surface area contributed by atoms with Crippen molar-refractivity contribution in [2.45, 2.75) is 6.04 Å². The van der Waals surface area contributed by atoms with E-state index in [2.05, 4.69) is 10.3 Å². The molecule has 4 aromatic rings. The van der Waals surface area contributed by atoms with E-state index in [4.69, 9.17) is 9.15 Å². The van der Waals surface area contributed by atoms with Crippen molar-refractivity contribution in [1.82, 2.24) is 10.3 Å². The molecule has 5 heteroatoms. The summed E-state index contributed by atoms with van der Waals surface area (Å²) in [5.74, 6) is 2.03. The number of carbonyl (C=O) groups is 1. The first kappa shape index (κ1) is 16.3. The lowest BCUT2D eigenvalue weighted by molar-refractivity contribution is 0.0941. The zero-order valence-corrected chi connectivity index (χ0v) is 14.8. The third kappa shape index (κ3) is 2.83. The Morgan fingerprint density at radius 2 is 1.50 bits per heavy atom. The molecular weight excluding hydrogens is 352 g/mol. The van der Waals surface area contributed by atoms with Gasteiger partial charge in [0, 0.05) is 22.3 Å². The van der Waals surface area contributed by atoms with Gasteiger partial charge in [0.05, 0.1) is 12.2 Å². The van der Waals surface area contributed by atoms with Crippen LogP contribution in [0.4, 0.5) is 0 Å². The molecule has 1 aliphatic rings. The fraction of sp³-hybridized carbons (Fsp3) is 0.0435. The maximum Gasteiger partial charge on any atom is 0.252 e. The van der Waals surface area contributed by atoms with Crippen molar-refractivity contribution in [2.24, 2.45) is 0 Å². The molecule has 0 atom stereocenters. The predicted octanol–water partition coefficient (Wildman–Crippen LogP) is 4.97. The van der Waals surface area contributed by atoms with Crippen LogP contribution in [0.15, 0.2) is 89.8 Å². The Labute approximate surface area is 161 Å². The molecule has 0 spiro atoms. The van der Waals surface area contributed by atoms with Crippen molar-refractivity contribution >= 4 is 5.91 Å². The minimum absolute atomic E-state index is 0.152. The van der Waals surface area contributed by atoms with Crippen LogP contribution in [0.25, 0.3) is 11.3 Å². The van der Waals surface area contributed by atoms with Crippen LogP contribution >= 0.6 is 0 Å². The Hall–Kier alpha value is -3.86. The Bertz CT molecular complexity index is 1090. The van der Waals surface area contributed by atoms with Crippen LogP contribution < -0.4 is 10.1 Å². The second-order valence-electron chi connectivity index (χ2n) is 6.53. The van der Waals surface area contributed by atoms with Gasteiger partial charge in [-0.1, -0.05) is 48.5 Å². The van der Waals surface area contributed by atoms with Gasteiger partial charge in [-0.3, -0.25) is 4.79 Å². The average Bonchev–Trinajstić information content (AvgIpc) is 3.28. The third-order valence-corrected chi connectivity index (χ3v) is 4.82. The molecule has 0 bridgehead atoms. The summed E-state index contributed by atoms with van der Waals surface area (Å²) in [6.07, 6.45) is 3.03. The smallest absolute Gasteiger partial charge is 0.252 e. The lowest BCUT2D eigenvalue weighted by Crippen LogP contribution is -2.31. The van der Waals surface area contributed by atoms with Crippen LogP contribution in [-0.2, 0) is 0 Å². The van der Waals surface area contributed by atoms with E-state index >= 15 is 0 Å². The summed E-state index contributed by atoms with van der Waals surface area (Å²) >= 11 is 0. The van der Waals surface area contributed by atoms with Crippen molar-refractivity contribution in [3.63, 3.8) is 0 Å². The zero-order valence-electron chi connectivity index (χ0n) is 14.8. The molecule has 0 fully saturated rings. The van der Waals surface area contributed by atoms with Crippen LogP contribution in [0.2, 0.25) is 0 Å². The molecule has 136 valence electrons. The van der Waals surface area contributed by atoms with Gasteiger partial charge >= 0.3 is 0 Å². The first-order chi connectivity index (χ1) is 13.8. The molecule has 0 radical (unpaired) electrons. The van der Waals surface area contributed by atoms with Gasteiger partial charge in [-0.15, -0.1) is 0 Å². The van der Waals surface area contributed by atoms with Gasteiger partial charge in [0.25, 0.3) is 5.91 Å². The predicted molar refractivity (Wildman–Crippen MR) is 104 cm³/mol. The van der Waals surface area contributed by atoms with Gasteiger partial charge in [0.2, 0.25) is 0 Å². The number of para-hydroxylation sites is 2. The van der Waals surface area contributed by atoms with Crippen molar-refractivity contribution in [2.75, 3.05) is 0 Å². The van der Waals surface area contributed by atoms with E-state index in [1.807, 2.05) is 60.7 Å².